The molecule has 0 aliphatic heterocycles. The van der Waals surface area contributed by atoms with E-state index >= 15 is 0 Å². The van der Waals surface area contributed by atoms with Gasteiger partial charge in [0.2, 0.25) is 5.91 Å². The summed E-state index contributed by atoms with van der Waals surface area (Å²) in [4.78, 5) is 46.0. The Morgan fingerprint density at radius 3 is 1.37 bits per heavy atom. The fraction of sp³-hybridized carbons (Fsp3) is 0.740. The molecular formula is C50H88NO10P. The first kappa shape index (κ1) is 59.2. The van der Waals surface area contributed by atoms with Crippen LogP contribution in [0.3, 0.4) is 0 Å². The highest BCUT2D eigenvalue weighted by molar-refractivity contribution is 7.47. The molecule has 0 aliphatic rings. The van der Waals surface area contributed by atoms with Gasteiger partial charge in [0.1, 0.15) is 12.7 Å². The van der Waals surface area contributed by atoms with E-state index in [9.17, 15) is 34.1 Å². The van der Waals surface area contributed by atoms with E-state index < -0.39 is 57.6 Å². The summed E-state index contributed by atoms with van der Waals surface area (Å²) < 4.78 is 26.9. The zero-order valence-corrected chi connectivity index (χ0v) is 39.8. The summed E-state index contributed by atoms with van der Waals surface area (Å²) in [6.07, 6.45) is 52.3. The van der Waals surface area contributed by atoms with E-state index in [1.807, 2.05) is 0 Å². The largest absolute Gasteiger partial charge is 0.480 e. The number of allylic oxidation sites excluding steroid dienone is 10. The molecule has 0 saturated heterocycles. The minimum absolute atomic E-state index is 0.122. The van der Waals surface area contributed by atoms with E-state index in [4.69, 9.17) is 13.8 Å². The number of phosphoric ester groups is 1. The molecule has 0 aliphatic carbocycles. The smallest absolute Gasteiger partial charge is 0.472 e. The van der Waals surface area contributed by atoms with Gasteiger partial charge in [0, 0.05) is 12.8 Å². The van der Waals surface area contributed by atoms with Gasteiger partial charge in [-0.15, -0.1) is 0 Å². The summed E-state index contributed by atoms with van der Waals surface area (Å²) in [7, 11) is -4.77. The molecule has 4 N–H and O–H groups in total. The average Bonchev–Trinajstić information content (AvgIpc) is 3.25. The highest BCUT2D eigenvalue weighted by Gasteiger charge is 2.28. The van der Waals surface area contributed by atoms with E-state index in [2.05, 4.69) is 79.9 Å². The average molecular weight is 894 g/mol. The van der Waals surface area contributed by atoms with Gasteiger partial charge in [0.15, 0.2) is 6.04 Å². The van der Waals surface area contributed by atoms with Gasteiger partial charge in [-0.25, -0.2) is 9.36 Å². The second-order valence-corrected chi connectivity index (χ2v) is 17.7. The van der Waals surface area contributed by atoms with Crippen molar-refractivity contribution in [3.05, 3.63) is 60.8 Å². The molecular weight excluding hydrogens is 806 g/mol. The molecule has 11 nitrogen and oxygen atoms in total. The topological polar surface area (TPSA) is 169 Å². The molecule has 0 aromatic rings. The van der Waals surface area contributed by atoms with Crippen molar-refractivity contribution in [1.82, 2.24) is 5.32 Å². The van der Waals surface area contributed by atoms with Crippen molar-refractivity contribution in [1.29, 1.82) is 0 Å². The van der Waals surface area contributed by atoms with E-state index in [0.717, 1.165) is 77.0 Å². The van der Waals surface area contributed by atoms with Crippen LogP contribution in [-0.4, -0.2) is 64.9 Å². The monoisotopic (exact) mass is 894 g/mol. The third-order valence-corrected chi connectivity index (χ3v) is 11.2. The number of carboxylic acid groups (broad SMARTS) is 1. The van der Waals surface area contributed by atoms with Gasteiger partial charge >= 0.3 is 19.8 Å². The van der Waals surface area contributed by atoms with Crippen LogP contribution in [0.4, 0.5) is 0 Å². The van der Waals surface area contributed by atoms with Gasteiger partial charge < -0.3 is 25.2 Å². The fourth-order valence-corrected chi connectivity index (χ4v) is 7.24. The van der Waals surface area contributed by atoms with E-state index in [1.165, 1.54) is 89.9 Å². The van der Waals surface area contributed by atoms with Crippen molar-refractivity contribution in [3.63, 3.8) is 0 Å². The molecule has 0 rings (SSSR count). The van der Waals surface area contributed by atoms with Gasteiger partial charge in [-0.1, -0.05) is 171 Å². The number of nitrogens with one attached hydrogen (secondary N) is 1. The molecule has 0 radical (unpaired) electrons. The number of amides is 1. The van der Waals surface area contributed by atoms with Crippen molar-refractivity contribution in [3.8, 4) is 0 Å². The summed E-state index contributed by atoms with van der Waals surface area (Å²) in [6, 6.07) is -1.56. The Morgan fingerprint density at radius 2 is 0.887 bits per heavy atom. The van der Waals surface area contributed by atoms with Crippen molar-refractivity contribution in [2.24, 2.45) is 0 Å². The van der Waals surface area contributed by atoms with Crippen LogP contribution in [0.2, 0.25) is 0 Å². The van der Waals surface area contributed by atoms with Crippen LogP contribution in [0.1, 0.15) is 206 Å². The number of hydrogen-bond donors (Lipinski definition) is 4. The molecule has 3 unspecified atom stereocenters. The van der Waals surface area contributed by atoms with Crippen molar-refractivity contribution in [2.45, 2.75) is 219 Å². The Balaban J connectivity index is 3.92. The first-order chi connectivity index (χ1) is 30.1. The van der Waals surface area contributed by atoms with Crippen LogP contribution in [0.25, 0.3) is 0 Å². The molecule has 1 amide bonds. The maximum absolute atomic E-state index is 12.3. The van der Waals surface area contributed by atoms with E-state index in [-0.39, 0.29) is 12.8 Å². The third-order valence-electron chi connectivity index (χ3n) is 10.3. The van der Waals surface area contributed by atoms with E-state index in [1.54, 1.807) is 0 Å². The first-order valence-electron chi connectivity index (χ1n) is 24.3. The van der Waals surface area contributed by atoms with E-state index in [0.29, 0.717) is 12.8 Å². The molecule has 12 heteroatoms. The minimum Gasteiger partial charge on any atom is -0.480 e. The van der Waals surface area contributed by atoms with Crippen LogP contribution >= 0.6 is 7.82 Å². The second-order valence-electron chi connectivity index (χ2n) is 16.3. The number of phosphoric acid groups is 1. The second kappa shape index (κ2) is 44.8. The standard InChI is InChI=1S/C50H88NO10P/c1-3-5-7-9-11-13-15-17-19-21-22-23-24-26-27-29-31-33-35-37-39-41-48(53)51-47(50(55)56)45-61-62(57,58)60-44-46(52)43-59-49(54)42-40-38-36-34-32-30-28-25-20-18-16-14-12-10-8-6-4-2/h11,13,17-20,22-23,26-27,46-47,52H,3-10,12,14-16,21,24-25,28-45H2,1-2H3,(H,51,53)(H,55,56)(H,57,58)/b13-11-,19-17-,20-18-,23-22-,27-26-. The van der Waals surface area contributed by atoms with Crippen LogP contribution < -0.4 is 5.32 Å². The van der Waals surface area contributed by atoms with Gasteiger partial charge in [-0.05, 0) is 83.5 Å². The van der Waals surface area contributed by atoms with Crippen molar-refractivity contribution < 1.29 is 47.8 Å². The summed E-state index contributed by atoms with van der Waals surface area (Å²) >= 11 is 0. The number of aliphatic hydroxyl groups excluding tert-OH is 1. The number of carboxylic acids is 1. The highest BCUT2D eigenvalue weighted by Crippen LogP contribution is 2.43. The molecule has 3 atom stereocenters. The van der Waals surface area contributed by atoms with Gasteiger partial charge in [-0.2, -0.15) is 0 Å². The molecule has 0 bridgehead atoms. The number of esters is 1. The number of hydrogen-bond acceptors (Lipinski definition) is 8. The molecule has 0 saturated carbocycles. The third kappa shape index (κ3) is 43.8. The number of aliphatic carboxylic acids is 1. The Labute approximate surface area is 376 Å². The maximum Gasteiger partial charge on any atom is 0.472 e. The Bertz CT molecular complexity index is 1280. The normalized spacial score (nSPS) is 14.1. The van der Waals surface area contributed by atoms with Crippen LogP contribution in [-0.2, 0) is 32.7 Å². The SMILES string of the molecule is CCCCC/C=C\C/C=C\C/C=C\C/C=C\CCCCCCCC(=O)NC(COP(=O)(O)OCC(O)COC(=O)CCCCCCCCC/C=C\CCCCCCCC)C(=O)O. The summed E-state index contributed by atoms with van der Waals surface area (Å²) in [6.45, 7) is 2.55. The molecule has 0 heterocycles. The summed E-state index contributed by atoms with van der Waals surface area (Å²) in [5.41, 5.74) is 0. The highest BCUT2D eigenvalue weighted by atomic mass is 31.2. The quantitative estimate of drug-likeness (QED) is 0.0200. The molecule has 62 heavy (non-hydrogen) atoms. The molecule has 0 aromatic carbocycles. The molecule has 0 fully saturated rings. The van der Waals surface area contributed by atoms with Crippen molar-refractivity contribution >= 4 is 25.7 Å². The lowest BCUT2D eigenvalue weighted by molar-refractivity contribution is -0.147. The summed E-state index contributed by atoms with van der Waals surface area (Å²) in [5, 5.41) is 21.9. The Hall–Kier alpha value is -2.82. The van der Waals surface area contributed by atoms with Gasteiger partial charge in [0.25, 0.3) is 0 Å². The predicted octanol–water partition coefficient (Wildman–Crippen LogP) is 13.1. The lowest BCUT2D eigenvalue weighted by Crippen LogP contribution is -2.43. The Kier molecular flexibility index (Phi) is 42.7. The lowest BCUT2D eigenvalue weighted by Gasteiger charge is -2.18. The molecule has 0 aromatic heterocycles. The zero-order chi connectivity index (χ0) is 45.6. The van der Waals surface area contributed by atoms with Crippen LogP contribution in [0.15, 0.2) is 60.8 Å². The maximum atomic E-state index is 12.3. The number of carbonyl (C=O) groups is 3. The van der Waals surface area contributed by atoms with Crippen LogP contribution in [0, 0.1) is 0 Å². The summed E-state index contributed by atoms with van der Waals surface area (Å²) in [5.74, 6) is -2.40. The number of aliphatic hydroxyl groups is 1. The van der Waals surface area contributed by atoms with Gasteiger partial charge in [-0.3, -0.25) is 18.6 Å². The number of rotatable bonds is 45. The number of unbranched alkanes of at least 4 members (excludes halogenated alkanes) is 21. The predicted molar refractivity (Wildman–Crippen MR) is 254 cm³/mol. The fourth-order valence-electron chi connectivity index (χ4n) is 6.47. The first-order valence-corrected chi connectivity index (χ1v) is 25.8. The van der Waals surface area contributed by atoms with Crippen molar-refractivity contribution in [2.75, 3.05) is 19.8 Å². The molecule has 0 spiro atoms. The number of ether oxygens (including phenoxy) is 1. The lowest BCUT2D eigenvalue weighted by atomic mass is 10.1. The Morgan fingerprint density at radius 1 is 0.516 bits per heavy atom. The molecule has 358 valence electrons. The minimum atomic E-state index is -4.77. The zero-order valence-electron chi connectivity index (χ0n) is 38.9. The number of carbonyl (C=O) groups excluding carboxylic acids is 2. The van der Waals surface area contributed by atoms with Crippen LogP contribution in [0.5, 0.6) is 0 Å². The van der Waals surface area contributed by atoms with Gasteiger partial charge in [0.05, 0.1) is 13.2 Å².